The molecule has 2 nitrogen and oxygen atoms in total. The maximum atomic E-state index is 11.5. The molecule has 68 valence electrons. The highest BCUT2D eigenvalue weighted by atomic mass is 32.1. The number of carbonyl (C=O) groups is 2. The van der Waals surface area contributed by atoms with Crippen LogP contribution in [0.15, 0.2) is 23.1 Å². The third kappa shape index (κ3) is 2.36. The summed E-state index contributed by atoms with van der Waals surface area (Å²) in [5, 5.41) is 1.75. The van der Waals surface area contributed by atoms with Crippen molar-refractivity contribution in [3.63, 3.8) is 0 Å². The van der Waals surface area contributed by atoms with E-state index in [1.165, 1.54) is 17.4 Å². The minimum absolute atomic E-state index is 0.0941. The fourth-order valence-corrected chi connectivity index (χ4v) is 1.66. The van der Waals surface area contributed by atoms with Crippen molar-refractivity contribution in [3.8, 4) is 0 Å². The lowest BCUT2D eigenvalue weighted by molar-refractivity contribution is 0.103. The number of ketones is 1. The number of thiophene rings is 1. The van der Waals surface area contributed by atoms with Crippen molar-refractivity contribution in [1.29, 1.82) is 0 Å². The largest absolute Gasteiger partial charge is 0.297 e. The van der Waals surface area contributed by atoms with E-state index in [1.54, 1.807) is 11.4 Å². The van der Waals surface area contributed by atoms with Crippen molar-refractivity contribution in [3.05, 3.63) is 33.5 Å². The Bertz CT molecular complexity index is 357. The SMILES string of the molecule is CC(C)=CC(=O)c1ccsc1C=O. The molecule has 0 aliphatic carbocycles. The molecule has 0 aliphatic heterocycles. The average molecular weight is 194 g/mol. The summed E-state index contributed by atoms with van der Waals surface area (Å²) >= 11 is 1.29. The van der Waals surface area contributed by atoms with Crippen LogP contribution < -0.4 is 0 Å². The van der Waals surface area contributed by atoms with Gasteiger partial charge >= 0.3 is 0 Å². The van der Waals surface area contributed by atoms with Gasteiger partial charge in [0.25, 0.3) is 0 Å². The van der Waals surface area contributed by atoms with Crippen LogP contribution >= 0.6 is 11.3 Å². The predicted octanol–water partition coefficient (Wildman–Crippen LogP) is 2.71. The molecule has 1 aromatic rings. The van der Waals surface area contributed by atoms with Gasteiger partial charge in [-0.1, -0.05) is 5.57 Å². The molecule has 0 saturated carbocycles. The zero-order chi connectivity index (χ0) is 9.84. The van der Waals surface area contributed by atoms with Crippen LogP contribution in [0.1, 0.15) is 33.9 Å². The maximum Gasteiger partial charge on any atom is 0.187 e. The second kappa shape index (κ2) is 4.14. The summed E-state index contributed by atoms with van der Waals surface area (Å²) in [7, 11) is 0. The van der Waals surface area contributed by atoms with E-state index in [4.69, 9.17) is 0 Å². The van der Waals surface area contributed by atoms with Crippen LogP contribution in [0.4, 0.5) is 0 Å². The van der Waals surface area contributed by atoms with Crippen molar-refractivity contribution < 1.29 is 9.59 Å². The van der Waals surface area contributed by atoms with E-state index in [1.807, 2.05) is 13.8 Å². The molecule has 0 spiro atoms. The molecule has 13 heavy (non-hydrogen) atoms. The molecule has 0 fully saturated rings. The zero-order valence-electron chi connectivity index (χ0n) is 7.53. The molecule has 0 N–H and O–H groups in total. The Morgan fingerprint density at radius 3 is 2.69 bits per heavy atom. The molecule has 0 aromatic carbocycles. The predicted molar refractivity (Wildman–Crippen MR) is 53.5 cm³/mol. The van der Waals surface area contributed by atoms with Crippen molar-refractivity contribution in [2.45, 2.75) is 13.8 Å². The standard InChI is InChI=1S/C10H10O2S/c1-7(2)5-9(12)8-3-4-13-10(8)6-11/h3-6H,1-2H3. The van der Waals surface area contributed by atoms with Crippen LogP contribution in [-0.4, -0.2) is 12.1 Å². The van der Waals surface area contributed by atoms with Crippen LogP contribution in [0.2, 0.25) is 0 Å². The molecule has 1 heterocycles. The normalized spacial score (nSPS) is 9.38. The maximum absolute atomic E-state index is 11.5. The van der Waals surface area contributed by atoms with Gasteiger partial charge in [-0.05, 0) is 31.4 Å². The summed E-state index contributed by atoms with van der Waals surface area (Å²) in [5.74, 6) is -0.0941. The Labute approximate surface area is 80.9 Å². The molecular formula is C10H10O2S. The van der Waals surface area contributed by atoms with E-state index < -0.39 is 0 Å². The van der Waals surface area contributed by atoms with Crippen LogP contribution in [-0.2, 0) is 0 Å². The van der Waals surface area contributed by atoms with Crippen LogP contribution in [0.5, 0.6) is 0 Å². The van der Waals surface area contributed by atoms with Gasteiger partial charge in [-0.25, -0.2) is 0 Å². The Morgan fingerprint density at radius 1 is 1.46 bits per heavy atom. The zero-order valence-corrected chi connectivity index (χ0v) is 8.35. The second-order valence-corrected chi connectivity index (χ2v) is 3.85. The number of allylic oxidation sites excluding steroid dienone is 2. The first-order valence-corrected chi connectivity index (χ1v) is 4.75. The number of aldehydes is 1. The first-order chi connectivity index (χ1) is 6.15. The molecule has 1 rings (SSSR count). The van der Waals surface area contributed by atoms with Gasteiger partial charge in [0, 0.05) is 5.56 Å². The van der Waals surface area contributed by atoms with Gasteiger partial charge in [-0.15, -0.1) is 11.3 Å². The van der Waals surface area contributed by atoms with Gasteiger partial charge in [0.1, 0.15) is 0 Å². The lowest BCUT2D eigenvalue weighted by atomic mass is 10.1. The second-order valence-electron chi connectivity index (χ2n) is 2.90. The summed E-state index contributed by atoms with van der Waals surface area (Å²) in [4.78, 5) is 22.5. The van der Waals surface area contributed by atoms with E-state index in [9.17, 15) is 9.59 Å². The summed E-state index contributed by atoms with van der Waals surface area (Å²) in [5.41, 5.74) is 1.44. The number of hydrogen-bond donors (Lipinski definition) is 0. The third-order valence-electron chi connectivity index (χ3n) is 1.49. The van der Waals surface area contributed by atoms with E-state index in [2.05, 4.69) is 0 Å². The molecule has 0 aliphatic rings. The molecule has 0 radical (unpaired) electrons. The summed E-state index contributed by atoms with van der Waals surface area (Å²) in [6.07, 6.45) is 2.26. The minimum Gasteiger partial charge on any atom is -0.297 e. The molecule has 0 saturated heterocycles. The van der Waals surface area contributed by atoms with Crippen molar-refractivity contribution in [2.24, 2.45) is 0 Å². The number of hydrogen-bond acceptors (Lipinski definition) is 3. The highest BCUT2D eigenvalue weighted by molar-refractivity contribution is 7.12. The fourth-order valence-electron chi connectivity index (χ4n) is 0.956. The van der Waals surface area contributed by atoms with E-state index in [0.717, 1.165) is 11.9 Å². The third-order valence-corrected chi connectivity index (χ3v) is 2.33. The lowest BCUT2D eigenvalue weighted by Crippen LogP contribution is -1.96. The smallest absolute Gasteiger partial charge is 0.187 e. The van der Waals surface area contributed by atoms with Crippen molar-refractivity contribution in [2.75, 3.05) is 0 Å². The van der Waals surface area contributed by atoms with Crippen LogP contribution in [0.3, 0.4) is 0 Å². The lowest BCUT2D eigenvalue weighted by Gasteiger charge is -1.92. The summed E-state index contributed by atoms with van der Waals surface area (Å²) in [6, 6.07) is 1.68. The van der Waals surface area contributed by atoms with Gasteiger partial charge < -0.3 is 0 Å². The first kappa shape index (κ1) is 9.86. The number of carbonyl (C=O) groups excluding carboxylic acids is 2. The quantitative estimate of drug-likeness (QED) is 0.421. The topological polar surface area (TPSA) is 34.1 Å². The van der Waals surface area contributed by atoms with Gasteiger partial charge in [0.2, 0.25) is 0 Å². The number of rotatable bonds is 3. The molecule has 0 bridgehead atoms. The minimum atomic E-state index is -0.0941. The molecule has 1 aromatic heterocycles. The summed E-state index contributed by atoms with van der Waals surface area (Å²) in [6.45, 7) is 3.70. The molecular weight excluding hydrogens is 184 g/mol. The first-order valence-electron chi connectivity index (χ1n) is 3.87. The van der Waals surface area contributed by atoms with E-state index in [-0.39, 0.29) is 5.78 Å². The molecule has 0 unspecified atom stereocenters. The Balaban J connectivity index is 3.01. The van der Waals surface area contributed by atoms with Crippen LogP contribution in [0.25, 0.3) is 0 Å². The van der Waals surface area contributed by atoms with E-state index in [0.29, 0.717) is 10.4 Å². The monoisotopic (exact) mass is 194 g/mol. The Kier molecular flexibility index (Phi) is 3.14. The van der Waals surface area contributed by atoms with Gasteiger partial charge in [-0.2, -0.15) is 0 Å². The van der Waals surface area contributed by atoms with E-state index >= 15 is 0 Å². The fraction of sp³-hybridized carbons (Fsp3) is 0.200. The Morgan fingerprint density at radius 2 is 2.15 bits per heavy atom. The van der Waals surface area contributed by atoms with Gasteiger partial charge in [0.05, 0.1) is 4.88 Å². The van der Waals surface area contributed by atoms with Crippen LogP contribution in [0, 0.1) is 0 Å². The van der Waals surface area contributed by atoms with Gasteiger partial charge in [-0.3, -0.25) is 9.59 Å². The summed E-state index contributed by atoms with van der Waals surface area (Å²) < 4.78 is 0. The highest BCUT2D eigenvalue weighted by Crippen LogP contribution is 2.15. The molecule has 0 amide bonds. The molecule has 0 atom stereocenters. The average Bonchev–Trinajstić information content (AvgIpc) is 2.49. The van der Waals surface area contributed by atoms with Crippen molar-refractivity contribution in [1.82, 2.24) is 0 Å². The van der Waals surface area contributed by atoms with Gasteiger partial charge in [0.15, 0.2) is 12.1 Å². The molecule has 3 heteroatoms. The van der Waals surface area contributed by atoms with Crippen molar-refractivity contribution >= 4 is 23.4 Å². The highest BCUT2D eigenvalue weighted by Gasteiger charge is 2.09. The Hall–Kier alpha value is -1.22.